The van der Waals surface area contributed by atoms with Crippen molar-refractivity contribution in [2.24, 2.45) is 0 Å². The summed E-state index contributed by atoms with van der Waals surface area (Å²) in [6, 6.07) is 78.6. The molecule has 0 aliphatic heterocycles. The van der Waals surface area contributed by atoms with Crippen molar-refractivity contribution in [2.75, 3.05) is 0 Å². The highest BCUT2D eigenvalue weighted by atomic mass is 16.3. The van der Waals surface area contributed by atoms with Crippen LogP contribution in [0.3, 0.4) is 0 Å². The Labute approximate surface area is 364 Å². The van der Waals surface area contributed by atoms with Crippen molar-refractivity contribution >= 4 is 43.7 Å². The fourth-order valence-corrected chi connectivity index (χ4v) is 10.1. The average molecular weight is 803 g/mol. The number of fused-ring (bicyclic) bond motifs is 10. The van der Waals surface area contributed by atoms with Gasteiger partial charge in [-0.3, -0.25) is 0 Å². The Morgan fingerprint density at radius 2 is 0.968 bits per heavy atom. The maximum Gasteiger partial charge on any atom is 0.136 e. The number of nitrogens with zero attached hydrogens (tertiary/aromatic N) is 2. The quantitative estimate of drug-likeness (QED) is 0.168. The van der Waals surface area contributed by atoms with Crippen molar-refractivity contribution in [3.8, 4) is 72.7 Å². The van der Waals surface area contributed by atoms with E-state index in [9.17, 15) is 0 Å². The third-order valence-corrected chi connectivity index (χ3v) is 13.0. The van der Waals surface area contributed by atoms with Crippen LogP contribution in [0.2, 0.25) is 0 Å². The van der Waals surface area contributed by atoms with Gasteiger partial charge < -0.3 is 8.98 Å². The van der Waals surface area contributed by atoms with Gasteiger partial charge in [0, 0.05) is 38.4 Å². The first-order valence-electron chi connectivity index (χ1n) is 21.6. The molecule has 9 aromatic carbocycles. The van der Waals surface area contributed by atoms with Crippen LogP contribution >= 0.6 is 0 Å². The minimum Gasteiger partial charge on any atom is -0.456 e. The van der Waals surface area contributed by atoms with Crippen molar-refractivity contribution in [2.45, 2.75) is 6.42 Å². The third kappa shape index (κ3) is 5.78. The molecule has 1 aliphatic carbocycles. The molecule has 1 aliphatic rings. The second-order valence-electron chi connectivity index (χ2n) is 16.7. The van der Waals surface area contributed by atoms with Gasteiger partial charge in [-0.05, 0) is 123 Å². The predicted molar refractivity (Wildman–Crippen MR) is 261 cm³/mol. The van der Waals surface area contributed by atoms with Gasteiger partial charge in [-0.2, -0.15) is 0 Å². The van der Waals surface area contributed by atoms with E-state index in [4.69, 9.17) is 9.40 Å². The molecule has 3 nitrogen and oxygen atoms in total. The summed E-state index contributed by atoms with van der Waals surface area (Å²) in [5.41, 5.74) is 21.9. The van der Waals surface area contributed by atoms with Crippen LogP contribution in [0.1, 0.15) is 11.1 Å². The van der Waals surface area contributed by atoms with Crippen LogP contribution in [0.25, 0.3) is 116 Å². The Hall–Kier alpha value is -8.27. The molecule has 3 heteroatoms. The number of pyridine rings is 1. The first-order valence-corrected chi connectivity index (χ1v) is 21.6. The zero-order chi connectivity index (χ0) is 41.4. The van der Waals surface area contributed by atoms with E-state index in [1.54, 1.807) is 0 Å². The molecule has 0 spiro atoms. The standard InChI is InChI=1S/C60H38N2O/c1-4-13-40(14-5-1)53-36-45(37-54(61-53)41-15-6-2-7-16-41)38-23-25-39(26-24-38)48-21-12-22-58-60(48)52-34-43(28-32-57(52)63-58)42-27-30-55-51(33-42)59-50-35-44-17-10-11-20-47(44)49(50)29-31-56(59)62(55)46-18-8-3-9-19-46/h1-34,36-37H,35H2. The van der Waals surface area contributed by atoms with Crippen molar-refractivity contribution in [3.63, 3.8) is 0 Å². The molecule has 0 amide bonds. The SMILES string of the molecule is c1ccc(-c2cc(-c3ccc(-c4cccc5oc6ccc(-c7ccc8c(c7)c7c9c(ccc7n8-c7ccccc7)-c7ccccc7C9)cc6c45)cc3)cc(-c3ccccc3)n2)cc1. The van der Waals surface area contributed by atoms with Crippen molar-refractivity contribution in [1.29, 1.82) is 0 Å². The second-order valence-corrected chi connectivity index (χ2v) is 16.7. The molecule has 0 unspecified atom stereocenters. The van der Waals surface area contributed by atoms with Crippen LogP contribution in [0.4, 0.5) is 0 Å². The molecule has 63 heavy (non-hydrogen) atoms. The van der Waals surface area contributed by atoms with Gasteiger partial charge in [-0.25, -0.2) is 4.98 Å². The van der Waals surface area contributed by atoms with E-state index in [0.717, 1.165) is 78.7 Å². The van der Waals surface area contributed by atoms with Gasteiger partial charge in [-0.15, -0.1) is 0 Å². The molecule has 0 N–H and O–H groups in total. The molecule has 0 saturated heterocycles. The lowest BCUT2D eigenvalue weighted by Gasteiger charge is -2.11. The molecule has 0 saturated carbocycles. The van der Waals surface area contributed by atoms with E-state index in [0.29, 0.717) is 0 Å². The maximum absolute atomic E-state index is 6.56. The van der Waals surface area contributed by atoms with Crippen LogP contribution in [-0.2, 0) is 6.42 Å². The van der Waals surface area contributed by atoms with Gasteiger partial charge in [0.05, 0.1) is 22.4 Å². The Bertz CT molecular complexity index is 3670. The number of para-hydroxylation sites is 1. The van der Waals surface area contributed by atoms with Crippen LogP contribution in [-0.4, -0.2) is 9.55 Å². The smallest absolute Gasteiger partial charge is 0.136 e. The van der Waals surface area contributed by atoms with Crippen LogP contribution in [0, 0.1) is 0 Å². The number of aromatic nitrogens is 2. The molecule has 0 bridgehead atoms. The Kier molecular flexibility index (Phi) is 7.97. The van der Waals surface area contributed by atoms with Crippen molar-refractivity contribution in [1.82, 2.24) is 9.55 Å². The fourth-order valence-electron chi connectivity index (χ4n) is 10.1. The second kappa shape index (κ2) is 14.2. The van der Waals surface area contributed by atoms with E-state index in [-0.39, 0.29) is 0 Å². The predicted octanol–water partition coefficient (Wildman–Crippen LogP) is 16.0. The summed E-state index contributed by atoms with van der Waals surface area (Å²) in [5.74, 6) is 0. The van der Waals surface area contributed by atoms with Crippen LogP contribution in [0.5, 0.6) is 0 Å². The van der Waals surface area contributed by atoms with Gasteiger partial charge >= 0.3 is 0 Å². The lowest BCUT2D eigenvalue weighted by Crippen LogP contribution is -1.93. The zero-order valence-corrected chi connectivity index (χ0v) is 34.3. The highest BCUT2D eigenvalue weighted by Crippen LogP contribution is 2.46. The largest absolute Gasteiger partial charge is 0.456 e. The number of benzene rings is 9. The van der Waals surface area contributed by atoms with Crippen LogP contribution in [0.15, 0.2) is 223 Å². The molecule has 294 valence electrons. The molecule has 0 radical (unpaired) electrons. The topological polar surface area (TPSA) is 31.0 Å². The Morgan fingerprint density at radius 3 is 1.71 bits per heavy atom. The number of rotatable bonds is 6. The summed E-state index contributed by atoms with van der Waals surface area (Å²) in [7, 11) is 0. The minimum absolute atomic E-state index is 0.883. The zero-order valence-electron chi connectivity index (χ0n) is 34.3. The summed E-state index contributed by atoms with van der Waals surface area (Å²) in [6.07, 6.45) is 0.934. The lowest BCUT2D eigenvalue weighted by atomic mass is 9.94. The molecule has 13 rings (SSSR count). The van der Waals surface area contributed by atoms with E-state index < -0.39 is 0 Å². The van der Waals surface area contributed by atoms with Gasteiger partial charge in [0.1, 0.15) is 11.2 Å². The molecular formula is C60H38N2O. The van der Waals surface area contributed by atoms with Crippen molar-refractivity contribution in [3.05, 3.63) is 230 Å². The normalized spacial score (nSPS) is 12.1. The lowest BCUT2D eigenvalue weighted by molar-refractivity contribution is 0.669. The molecule has 3 aromatic heterocycles. The Balaban J connectivity index is 0.925. The minimum atomic E-state index is 0.883. The first-order chi connectivity index (χ1) is 31.2. The van der Waals surface area contributed by atoms with Gasteiger partial charge in [-0.1, -0.05) is 158 Å². The van der Waals surface area contributed by atoms with E-state index in [1.807, 2.05) is 12.1 Å². The number of hydrogen-bond acceptors (Lipinski definition) is 2. The van der Waals surface area contributed by atoms with Crippen molar-refractivity contribution < 1.29 is 4.42 Å². The highest BCUT2D eigenvalue weighted by Gasteiger charge is 2.25. The Morgan fingerprint density at radius 1 is 0.365 bits per heavy atom. The fraction of sp³-hybridized carbons (Fsp3) is 0.0167. The molecule has 0 atom stereocenters. The highest BCUT2D eigenvalue weighted by molar-refractivity contribution is 6.16. The summed E-state index contributed by atoms with van der Waals surface area (Å²) in [5, 5.41) is 4.85. The van der Waals surface area contributed by atoms with E-state index in [2.05, 4.69) is 211 Å². The number of hydrogen-bond donors (Lipinski definition) is 0. The van der Waals surface area contributed by atoms with E-state index >= 15 is 0 Å². The first kappa shape index (κ1) is 35.5. The monoisotopic (exact) mass is 802 g/mol. The van der Waals surface area contributed by atoms with Gasteiger partial charge in [0.2, 0.25) is 0 Å². The molecule has 12 aromatic rings. The molecule has 0 fully saturated rings. The molecular weight excluding hydrogens is 765 g/mol. The summed E-state index contributed by atoms with van der Waals surface area (Å²) in [6.45, 7) is 0. The summed E-state index contributed by atoms with van der Waals surface area (Å²) in [4.78, 5) is 5.10. The summed E-state index contributed by atoms with van der Waals surface area (Å²) < 4.78 is 8.99. The van der Waals surface area contributed by atoms with Gasteiger partial charge in [0.15, 0.2) is 0 Å². The maximum atomic E-state index is 6.56. The van der Waals surface area contributed by atoms with Gasteiger partial charge in [0.25, 0.3) is 0 Å². The summed E-state index contributed by atoms with van der Waals surface area (Å²) >= 11 is 0. The number of furan rings is 1. The molecule has 3 heterocycles. The van der Waals surface area contributed by atoms with E-state index in [1.165, 1.54) is 55.3 Å². The average Bonchev–Trinajstić information content (AvgIpc) is 4.04. The third-order valence-electron chi connectivity index (χ3n) is 13.0. The van der Waals surface area contributed by atoms with Crippen LogP contribution < -0.4 is 0 Å².